The number of guanidine groups is 1. The fourth-order valence-electron chi connectivity index (χ4n) is 1.80. The van der Waals surface area contributed by atoms with E-state index in [1.54, 1.807) is 7.05 Å². The van der Waals surface area contributed by atoms with Gasteiger partial charge in [-0.05, 0) is 12.5 Å². The second-order valence-corrected chi connectivity index (χ2v) is 5.55. The molecule has 124 valence electrons. The van der Waals surface area contributed by atoms with Crippen LogP contribution in [0.1, 0.15) is 25.5 Å². The third kappa shape index (κ3) is 5.77. The van der Waals surface area contributed by atoms with Crippen LogP contribution in [0.3, 0.4) is 0 Å². The topological polar surface area (TPSA) is 70.4 Å². The van der Waals surface area contributed by atoms with Crippen molar-refractivity contribution in [1.29, 1.82) is 0 Å². The van der Waals surface area contributed by atoms with Gasteiger partial charge in [-0.25, -0.2) is 0 Å². The number of nitrogens with zero attached hydrogens (tertiary/aromatic N) is 2. The van der Waals surface area contributed by atoms with E-state index in [9.17, 15) is 4.79 Å². The highest BCUT2D eigenvalue weighted by Gasteiger charge is 2.09. The van der Waals surface area contributed by atoms with Crippen LogP contribution in [0.25, 0.3) is 0 Å². The first-order valence-electron chi connectivity index (χ1n) is 7.20. The molecule has 0 unspecified atom stereocenters. The van der Waals surface area contributed by atoms with E-state index in [0.29, 0.717) is 42.2 Å². The Morgan fingerprint density at radius 3 is 2.55 bits per heavy atom. The zero-order valence-corrected chi connectivity index (χ0v) is 14.7. The van der Waals surface area contributed by atoms with Gasteiger partial charge >= 0.3 is 0 Å². The monoisotopic (exact) mass is 347 g/mol. The first-order chi connectivity index (χ1) is 10.5. The van der Waals surface area contributed by atoms with Crippen LogP contribution in [0.2, 0.25) is 10.2 Å². The molecule has 0 saturated carbocycles. The Balaban J connectivity index is 2.37. The molecule has 22 heavy (non-hydrogen) atoms. The van der Waals surface area contributed by atoms with E-state index in [0.717, 1.165) is 12.1 Å². The van der Waals surface area contributed by atoms with Crippen LogP contribution in [-0.2, 0) is 18.4 Å². The zero-order valence-electron chi connectivity index (χ0n) is 13.2. The minimum Gasteiger partial charge on any atom is -0.356 e. The fourth-order valence-corrected chi connectivity index (χ4v) is 2.22. The number of aromatic nitrogens is 1. The maximum atomic E-state index is 11.5. The molecule has 3 N–H and O–H groups in total. The summed E-state index contributed by atoms with van der Waals surface area (Å²) < 4.78 is 1.81. The molecule has 0 radical (unpaired) electrons. The van der Waals surface area contributed by atoms with Gasteiger partial charge in [0.25, 0.3) is 0 Å². The molecule has 1 rings (SSSR count). The van der Waals surface area contributed by atoms with E-state index in [4.69, 9.17) is 23.2 Å². The Bertz CT molecular complexity index is 528. The summed E-state index contributed by atoms with van der Waals surface area (Å²) in [5, 5.41) is 10.1. The van der Waals surface area contributed by atoms with Gasteiger partial charge in [-0.3, -0.25) is 9.79 Å². The molecule has 0 fully saturated rings. The highest BCUT2D eigenvalue weighted by molar-refractivity contribution is 6.41. The van der Waals surface area contributed by atoms with Crippen molar-refractivity contribution >= 4 is 35.1 Å². The molecule has 0 aliphatic heterocycles. The highest BCUT2D eigenvalue weighted by atomic mass is 35.5. The lowest BCUT2D eigenvalue weighted by Gasteiger charge is -2.12. The fraction of sp³-hybridized carbons (Fsp3) is 0.571. The smallest absolute Gasteiger partial charge is 0.221 e. The molecule has 0 aliphatic rings. The van der Waals surface area contributed by atoms with Crippen molar-refractivity contribution in [3.63, 3.8) is 0 Å². The summed E-state index contributed by atoms with van der Waals surface area (Å²) in [5.41, 5.74) is 0.943. The molecule has 1 amide bonds. The van der Waals surface area contributed by atoms with Gasteiger partial charge in [0.05, 0.1) is 11.6 Å². The van der Waals surface area contributed by atoms with Crippen LogP contribution >= 0.6 is 23.2 Å². The number of carbonyl (C=O) groups is 1. The Kier molecular flexibility index (Phi) is 8.12. The number of hydrogen-bond acceptors (Lipinski definition) is 2. The van der Waals surface area contributed by atoms with Crippen molar-refractivity contribution in [3.8, 4) is 0 Å². The van der Waals surface area contributed by atoms with Gasteiger partial charge < -0.3 is 20.5 Å². The predicted molar refractivity (Wildman–Crippen MR) is 91.6 cm³/mol. The summed E-state index contributed by atoms with van der Waals surface area (Å²) in [4.78, 5) is 15.6. The average molecular weight is 348 g/mol. The molecule has 0 saturated heterocycles. The first-order valence-corrected chi connectivity index (χ1v) is 7.96. The van der Waals surface area contributed by atoms with Crippen LogP contribution in [0.5, 0.6) is 0 Å². The second kappa shape index (κ2) is 9.58. The minimum absolute atomic E-state index is 0.0331. The van der Waals surface area contributed by atoms with Crippen molar-refractivity contribution in [2.75, 3.05) is 20.1 Å². The SMILES string of the molecule is CCCNC(=O)CCNC(=NC)NCc1cc(Cl)c(Cl)n1C. The largest absolute Gasteiger partial charge is 0.356 e. The molecule has 0 spiro atoms. The maximum absolute atomic E-state index is 11.5. The molecule has 6 nitrogen and oxygen atoms in total. The van der Waals surface area contributed by atoms with Gasteiger partial charge in [0.1, 0.15) is 5.15 Å². The summed E-state index contributed by atoms with van der Waals surface area (Å²) in [7, 11) is 3.52. The molecule has 1 aromatic heterocycles. The standard InChI is InChI=1S/C14H23Cl2N5O/c1-4-6-18-12(22)5-7-19-14(17-2)20-9-10-8-11(15)13(16)21(10)3/h8H,4-7,9H2,1-3H3,(H,18,22)(H2,17,19,20). The number of hydrogen-bond donors (Lipinski definition) is 3. The lowest BCUT2D eigenvalue weighted by molar-refractivity contribution is -0.120. The average Bonchev–Trinajstić information content (AvgIpc) is 2.75. The normalized spacial score (nSPS) is 11.4. The first kappa shape index (κ1) is 18.6. The van der Waals surface area contributed by atoms with E-state index >= 15 is 0 Å². The summed E-state index contributed by atoms with van der Waals surface area (Å²) >= 11 is 12.0. The quantitative estimate of drug-likeness (QED) is 0.521. The van der Waals surface area contributed by atoms with Crippen LogP contribution in [-0.4, -0.2) is 36.6 Å². The molecule has 0 atom stereocenters. The Morgan fingerprint density at radius 1 is 1.27 bits per heavy atom. The van der Waals surface area contributed by atoms with Crippen LogP contribution in [0.15, 0.2) is 11.1 Å². The van der Waals surface area contributed by atoms with Crippen molar-refractivity contribution < 1.29 is 4.79 Å². The van der Waals surface area contributed by atoms with Gasteiger partial charge in [0.2, 0.25) is 5.91 Å². The molecule has 1 aromatic rings. The lowest BCUT2D eigenvalue weighted by Crippen LogP contribution is -2.39. The number of halogens is 2. The summed E-state index contributed by atoms with van der Waals surface area (Å²) in [6.07, 6.45) is 1.34. The number of aliphatic imine (C=N–C) groups is 1. The minimum atomic E-state index is 0.0331. The predicted octanol–water partition coefficient (Wildman–Crippen LogP) is 1.91. The van der Waals surface area contributed by atoms with Gasteiger partial charge in [-0.2, -0.15) is 0 Å². The summed E-state index contributed by atoms with van der Waals surface area (Å²) in [6.45, 7) is 3.78. The third-order valence-electron chi connectivity index (χ3n) is 3.09. The highest BCUT2D eigenvalue weighted by Crippen LogP contribution is 2.24. The number of rotatable bonds is 7. The molecular weight excluding hydrogens is 325 g/mol. The van der Waals surface area contributed by atoms with Crippen molar-refractivity contribution in [1.82, 2.24) is 20.5 Å². The van der Waals surface area contributed by atoms with E-state index in [1.807, 2.05) is 24.6 Å². The number of nitrogens with one attached hydrogen (secondary N) is 3. The molecule has 8 heteroatoms. The van der Waals surface area contributed by atoms with Crippen molar-refractivity contribution in [2.45, 2.75) is 26.3 Å². The zero-order chi connectivity index (χ0) is 16.5. The molecule has 0 bridgehead atoms. The van der Waals surface area contributed by atoms with Crippen LogP contribution < -0.4 is 16.0 Å². The second-order valence-electron chi connectivity index (χ2n) is 4.79. The maximum Gasteiger partial charge on any atom is 0.221 e. The van der Waals surface area contributed by atoms with Crippen molar-refractivity contribution in [2.24, 2.45) is 12.0 Å². The molecule has 1 heterocycles. The lowest BCUT2D eigenvalue weighted by atomic mass is 10.3. The number of carbonyl (C=O) groups excluding carboxylic acids is 1. The Labute approximate surface area is 141 Å². The van der Waals surface area contributed by atoms with Gasteiger partial charge in [0.15, 0.2) is 5.96 Å². The molecular formula is C14H23Cl2N5O. The Morgan fingerprint density at radius 2 is 2.00 bits per heavy atom. The summed E-state index contributed by atoms with van der Waals surface area (Å²) in [5.74, 6) is 0.655. The van der Waals surface area contributed by atoms with Crippen molar-refractivity contribution in [3.05, 3.63) is 21.9 Å². The summed E-state index contributed by atoms with van der Waals surface area (Å²) in [6, 6.07) is 1.81. The van der Waals surface area contributed by atoms with Crippen LogP contribution in [0.4, 0.5) is 0 Å². The van der Waals surface area contributed by atoms with E-state index in [2.05, 4.69) is 20.9 Å². The third-order valence-corrected chi connectivity index (χ3v) is 3.93. The number of amides is 1. The molecule has 0 aliphatic carbocycles. The van der Waals surface area contributed by atoms with Gasteiger partial charge in [-0.15, -0.1) is 0 Å². The molecule has 0 aromatic carbocycles. The van der Waals surface area contributed by atoms with Gasteiger partial charge in [-0.1, -0.05) is 30.1 Å². The van der Waals surface area contributed by atoms with Gasteiger partial charge in [0, 0.05) is 39.3 Å². The Hall–Kier alpha value is -1.40. The van der Waals surface area contributed by atoms with E-state index < -0.39 is 0 Å². The van der Waals surface area contributed by atoms with E-state index in [-0.39, 0.29) is 5.91 Å². The van der Waals surface area contributed by atoms with E-state index in [1.165, 1.54) is 0 Å². The van der Waals surface area contributed by atoms with Crippen LogP contribution in [0, 0.1) is 0 Å².